The second kappa shape index (κ2) is 16.0. The van der Waals surface area contributed by atoms with Crippen LogP contribution >= 0.6 is 34.9 Å². The maximum atomic E-state index is 13.7. The lowest BCUT2D eigenvalue weighted by Crippen LogP contribution is -2.71. The molecular weight excluding hydrogens is 805 g/mol. The number of oxime groups is 1. The number of tetrazole rings is 1. The van der Waals surface area contributed by atoms with Crippen molar-refractivity contribution in [2.45, 2.75) is 36.4 Å². The number of nitrogen functional groups attached to an aromatic ring is 1. The fourth-order valence-electron chi connectivity index (χ4n) is 5.23. The van der Waals surface area contributed by atoms with E-state index in [9.17, 15) is 48.9 Å². The van der Waals surface area contributed by atoms with Crippen molar-refractivity contribution in [2.75, 3.05) is 17.2 Å². The van der Waals surface area contributed by atoms with Crippen LogP contribution in [0, 0.1) is 0 Å². The summed E-state index contributed by atoms with van der Waals surface area (Å²) in [6, 6.07) is 3.38. The Morgan fingerprint density at radius 1 is 1.07 bits per heavy atom. The number of hydrogen-bond donors (Lipinski definition) is 5. The molecule has 4 aromatic rings. The molecule has 0 bridgehead atoms. The average molecular weight is 829 g/mol. The number of aliphatic carboxylic acids is 2. The number of nitrogens with one attached hydrogen (secondary N) is 1. The summed E-state index contributed by atoms with van der Waals surface area (Å²) in [6.07, 6.45) is -1.93. The highest BCUT2D eigenvalue weighted by Crippen LogP contribution is 2.42. The largest absolute Gasteiger partial charge is 0.478 e. The Hall–Kier alpha value is -6.67. The van der Waals surface area contributed by atoms with Gasteiger partial charge in [0.1, 0.15) is 33.4 Å². The zero-order chi connectivity index (χ0) is 40.4. The normalized spacial score (nSPS) is 17.1. The number of nitrogens with zero attached hydrogens (tertiary/aromatic N) is 8. The minimum absolute atomic E-state index is 0.00463. The summed E-state index contributed by atoms with van der Waals surface area (Å²) in [5.74, 6) is -8.15. The molecule has 3 aromatic heterocycles. The molecule has 1 saturated heterocycles. The Bertz CT molecular complexity index is 2400. The van der Waals surface area contributed by atoms with Crippen molar-refractivity contribution in [2.24, 2.45) is 5.16 Å². The Kier molecular flexibility index (Phi) is 11.1. The van der Waals surface area contributed by atoms with Crippen molar-refractivity contribution in [1.29, 1.82) is 0 Å². The highest BCUT2D eigenvalue weighted by Gasteiger charge is 2.54. The van der Waals surface area contributed by atoms with Crippen LogP contribution in [0.1, 0.15) is 41.6 Å². The quantitative estimate of drug-likeness (QED) is 0.0283. The van der Waals surface area contributed by atoms with Crippen LogP contribution in [-0.4, -0.2) is 121 Å². The number of nitrogens with two attached hydrogens (primary N) is 1. The zero-order valence-corrected chi connectivity index (χ0v) is 30.8. The summed E-state index contributed by atoms with van der Waals surface area (Å²) in [4.78, 5) is 97.1. The topological polar surface area (TPSA) is 330 Å². The van der Waals surface area contributed by atoms with E-state index in [4.69, 9.17) is 20.0 Å². The van der Waals surface area contributed by atoms with Gasteiger partial charge in [-0.3, -0.25) is 24.1 Å². The SMILES string of the molecule is CC(=O)Oc1ccc(C(O/N=C(\C(=O)N[C@@H]2C(=O)N3C(C(=O)O)=C(CSc4cc(C(=O)O)c5nnnn5n4)CS[C@H]23)c2csc(N)n2)C(=O)O)cc1OC(C)=O. The van der Waals surface area contributed by atoms with Gasteiger partial charge in [0.2, 0.25) is 11.8 Å². The molecule has 0 aliphatic carbocycles. The van der Waals surface area contributed by atoms with Crippen LogP contribution in [0.4, 0.5) is 5.13 Å². The van der Waals surface area contributed by atoms with Crippen LogP contribution in [0.5, 0.6) is 11.5 Å². The van der Waals surface area contributed by atoms with E-state index in [1.54, 1.807) is 0 Å². The molecule has 1 unspecified atom stereocenters. The molecule has 23 nitrogen and oxygen atoms in total. The molecule has 1 aromatic carbocycles. The van der Waals surface area contributed by atoms with Crippen LogP contribution in [0.2, 0.25) is 0 Å². The summed E-state index contributed by atoms with van der Waals surface area (Å²) < 4.78 is 11.0. The summed E-state index contributed by atoms with van der Waals surface area (Å²) >= 11 is 3.05. The third kappa shape index (κ3) is 8.05. The first kappa shape index (κ1) is 39.0. The molecule has 0 radical (unpaired) electrons. The Balaban J connectivity index is 1.21. The van der Waals surface area contributed by atoms with Crippen LogP contribution in [-0.2, 0) is 33.6 Å². The predicted octanol–water partition coefficient (Wildman–Crippen LogP) is 0.184. The van der Waals surface area contributed by atoms with Crippen LogP contribution in [0.25, 0.3) is 5.65 Å². The maximum absolute atomic E-state index is 13.7. The number of thiazole rings is 1. The molecule has 56 heavy (non-hydrogen) atoms. The highest BCUT2D eigenvalue weighted by atomic mass is 32.2. The molecule has 26 heteroatoms. The number of fused-ring (bicyclic) bond motifs is 2. The number of anilines is 1. The van der Waals surface area contributed by atoms with Crippen molar-refractivity contribution in [3.63, 3.8) is 0 Å². The molecule has 1 fully saturated rings. The number of carboxylic acid groups (broad SMARTS) is 3. The molecule has 290 valence electrons. The lowest BCUT2D eigenvalue weighted by molar-refractivity contribution is -0.151. The first-order valence-electron chi connectivity index (χ1n) is 15.5. The van der Waals surface area contributed by atoms with E-state index in [0.717, 1.165) is 70.4 Å². The second-order valence-electron chi connectivity index (χ2n) is 11.3. The predicted molar refractivity (Wildman–Crippen MR) is 190 cm³/mol. The number of esters is 2. The number of carboxylic acids is 3. The first-order chi connectivity index (χ1) is 26.6. The van der Waals surface area contributed by atoms with Gasteiger partial charge in [-0.2, -0.15) is 0 Å². The van der Waals surface area contributed by atoms with E-state index in [2.05, 4.69) is 36.1 Å². The van der Waals surface area contributed by atoms with Gasteiger partial charge in [-0.25, -0.2) is 19.4 Å². The molecule has 0 saturated carbocycles. The number of ether oxygens (including phenoxy) is 2. The molecule has 5 heterocycles. The number of β-lactam (4-membered cyclic amide) rings is 1. The van der Waals surface area contributed by atoms with Gasteiger partial charge < -0.3 is 40.7 Å². The highest BCUT2D eigenvalue weighted by molar-refractivity contribution is 8.01. The minimum atomic E-state index is -1.93. The van der Waals surface area contributed by atoms with E-state index < -0.39 is 64.9 Å². The van der Waals surface area contributed by atoms with Crippen molar-refractivity contribution < 1.29 is 63.2 Å². The Labute approximate surface area is 323 Å². The number of aromatic carboxylic acids is 1. The number of carbonyl (C=O) groups is 7. The third-order valence-corrected chi connectivity index (χ3v) is 10.5. The van der Waals surface area contributed by atoms with Gasteiger partial charge >= 0.3 is 29.8 Å². The van der Waals surface area contributed by atoms with Gasteiger partial charge in [0.05, 0.1) is 0 Å². The van der Waals surface area contributed by atoms with Gasteiger partial charge in [-0.15, -0.1) is 37.9 Å². The van der Waals surface area contributed by atoms with Crippen molar-refractivity contribution >= 4 is 93.0 Å². The molecule has 3 atom stereocenters. The van der Waals surface area contributed by atoms with Gasteiger partial charge in [0.15, 0.2) is 22.3 Å². The number of thioether (sulfide) groups is 2. The summed E-state index contributed by atoms with van der Waals surface area (Å²) in [5.41, 5.74) is 4.53. The number of benzene rings is 1. The number of amides is 2. The van der Waals surface area contributed by atoms with E-state index in [1.807, 2.05) is 0 Å². The number of hydrogen-bond acceptors (Lipinski definition) is 20. The minimum Gasteiger partial charge on any atom is -0.478 e. The summed E-state index contributed by atoms with van der Waals surface area (Å²) in [6.45, 7) is 2.17. The van der Waals surface area contributed by atoms with E-state index in [0.29, 0.717) is 5.57 Å². The number of aromatic nitrogens is 6. The van der Waals surface area contributed by atoms with Crippen LogP contribution in [0.15, 0.2) is 51.1 Å². The molecule has 6 N–H and O–H groups in total. The second-order valence-corrected chi connectivity index (χ2v) is 14.3. The maximum Gasteiger partial charge on any atom is 0.352 e. The average Bonchev–Trinajstić information content (AvgIpc) is 3.79. The fourth-order valence-corrected chi connectivity index (χ4v) is 8.15. The van der Waals surface area contributed by atoms with Crippen molar-refractivity contribution in [3.05, 3.63) is 57.7 Å². The van der Waals surface area contributed by atoms with E-state index >= 15 is 0 Å². The van der Waals surface area contributed by atoms with Crippen LogP contribution in [0.3, 0.4) is 0 Å². The molecule has 6 rings (SSSR count). The smallest absolute Gasteiger partial charge is 0.352 e. The first-order valence-corrected chi connectivity index (χ1v) is 18.4. The molecule has 0 spiro atoms. The summed E-state index contributed by atoms with van der Waals surface area (Å²) in [5, 5.41) is 51.3. The number of rotatable bonds is 14. The fraction of sp³-hybridized carbons (Fsp3) is 0.233. The number of carbonyl (C=O) groups excluding carboxylic acids is 4. The lowest BCUT2D eigenvalue weighted by atomic mass is 10.0. The molecule has 2 amide bonds. The van der Waals surface area contributed by atoms with Gasteiger partial charge in [0, 0.05) is 36.3 Å². The van der Waals surface area contributed by atoms with Crippen LogP contribution < -0.4 is 20.5 Å². The molecular formula is C30H24N10O13S3. The van der Waals surface area contributed by atoms with Gasteiger partial charge in [-0.1, -0.05) is 23.0 Å². The lowest BCUT2D eigenvalue weighted by Gasteiger charge is -2.49. The third-order valence-electron chi connectivity index (χ3n) is 7.55. The van der Waals surface area contributed by atoms with Gasteiger partial charge in [-0.05, 0) is 34.2 Å². The zero-order valence-electron chi connectivity index (χ0n) is 28.3. The Morgan fingerprint density at radius 2 is 1.80 bits per heavy atom. The molecule has 2 aliphatic rings. The van der Waals surface area contributed by atoms with E-state index in [-0.39, 0.29) is 61.3 Å². The van der Waals surface area contributed by atoms with Crippen molar-refractivity contribution in [3.8, 4) is 11.5 Å². The summed E-state index contributed by atoms with van der Waals surface area (Å²) in [7, 11) is 0. The van der Waals surface area contributed by atoms with Gasteiger partial charge in [0.25, 0.3) is 11.8 Å². The van der Waals surface area contributed by atoms with Crippen molar-refractivity contribution in [1.82, 2.24) is 40.5 Å². The van der Waals surface area contributed by atoms with E-state index in [1.165, 1.54) is 17.5 Å². The Morgan fingerprint density at radius 3 is 2.45 bits per heavy atom. The molecule has 2 aliphatic heterocycles. The monoisotopic (exact) mass is 828 g/mol. The standard InChI is InChI=1S/C30H24N10O13S3/c1-10(41)51-16-4-3-12(5-17(16)52-11(2)42)22(29(49)50)53-36-19(15-9-56-30(31)32-15)24(43)33-20-25(44)39-21(28(47)48)13(8-55-26(20)39)7-54-18-6-14(27(45)46)23-34-37-38-40(23)35-18/h3-6,9,20,22,26H,7-8H2,1-2H3,(H2,31,32)(H,33,43)(H,45,46)(H,47,48)(H,49,50)/b36-19-/t20-,22?,26-/m1/s1.